The van der Waals surface area contributed by atoms with Crippen LogP contribution in [0.1, 0.15) is 27.2 Å². The van der Waals surface area contributed by atoms with E-state index in [0.29, 0.717) is 13.0 Å². The Kier molecular flexibility index (Phi) is 3.83. The largest absolute Gasteiger partial charge is 0.381 e. The number of nitrogens with two attached hydrogens (primary N) is 1. The predicted molar refractivity (Wildman–Crippen MR) is 75.6 cm³/mol. The maximum Gasteiger partial charge on any atom is 0.246 e. The van der Waals surface area contributed by atoms with Crippen molar-refractivity contribution in [3.8, 4) is 0 Å². The average molecular weight is 302 g/mol. The molecular formula is C12H22N4O3S. The monoisotopic (exact) mass is 302 g/mol. The first kappa shape index (κ1) is 15.3. The second kappa shape index (κ2) is 5.01. The molecule has 0 bridgehead atoms. The summed E-state index contributed by atoms with van der Waals surface area (Å²) < 4.78 is 34.3. The number of nitrogens with zero attached hydrogens (tertiary/aromatic N) is 2. The molecule has 0 amide bonds. The van der Waals surface area contributed by atoms with Crippen LogP contribution in [-0.2, 0) is 21.3 Å². The lowest BCUT2D eigenvalue weighted by atomic mass is 9.65. The molecular weight excluding hydrogens is 280 g/mol. The fraction of sp³-hybridized carbons (Fsp3) is 0.750. The maximum absolute atomic E-state index is 12.4. The Balaban J connectivity index is 2.18. The highest BCUT2D eigenvalue weighted by atomic mass is 32.2. The van der Waals surface area contributed by atoms with Crippen molar-refractivity contribution >= 4 is 15.8 Å². The zero-order valence-electron chi connectivity index (χ0n) is 12.3. The van der Waals surface area contributed by atoms with Gasteiger partial charge in [0.1, 0.15) is 4.90 Å². The Labute approximate surface area is 119 Å². The Morgan fingerprint density at radius 2 is 2.25 bits per heavy atom. The number of ether oxygens (including phenoxy) is 1. The van der Waals surface area contributed by atoms with Gasteiger partial charge in [-0.25, -0.2) is 13.1 Å². The topological polar surface area (TPSA) is 99.2 Å². The van der Waals surface area contributed by atoms with Crippen molar-refractivity contribution < 1.29 is 13.2 Å². The van der Waals surface area contributed by atoms with E-state index >= 15 is 0 Å². The van der Waals surface area contributed by atoms with E-state index in [9.17, 15) is 8.42 Å². The zero-order valence-corrected chi connectivity index (χ0v) is 13.1. The van der Waals surface area contributed by atoms with Crippen LogP contribution in [0, 0.1) is 5.41 Å². The second-order valence-corrected chi connectivity index (χ2v) is 7.37. The van der Waals surface area contributed by atoms with Gasteiger partial charge in [-0.05, 0) is 13.3 Å². The van der Waals surface area contributed by atoms with E-state index in [1.165, 1.54) is 10.9 Å². The van der Waals surface area contributed by atoms with Gasteiger partial charge in [0.25, 0.3) is 0 Å². The van der Waals surface area contributed by atoms with Gasteiger partial charge >= 0.3 is 0 Å². The molecule has 0 saturated heterocycles. The lowest BCUT2D eigenvalue weighted by molar-refractivity contribution is -0.0908. The number of anilines is 1. The van der Waals surface area contributed by atoms with Gasteiger partial charge in [-0.1, -0.05) is 13.8 Å². The Morgan fingerprint density at radius 3 is 2.70 bits per heavy atom. The van der Waals surface area contributed by atoms with E-state index in [1.807, 2.05) is 20.8 Å². The Bertz CT molecular complexity index is 594. The quantitative estimate of drug-likeness (QED) is 0.828. The van der Waals surface area contributed by atoms with Crippen LogP contribution in [0.3, 0.4) is 0 Å². The zero-order chi connectivity index (χ0) is 15.1. The summed E-state index contributed by atoms with van der Waals surface area (Å²) in [6, 6.07) is -0.165. The molecule has 1 saturated carbocycles. The van der Waals surface area contributed by atoms with Crippen molar-refractivity contribution in [3.63, 3.8) is 0 Å². The molecule has 0 aromatic carbocycles. The highest BCUT2D eigenvalue weighted by molar-refractivity contribution is 7.89. The Morgan fingerprint density at radius 1 is 1.60 bits per heavy atom. The van der Waals surface area contributed by atoms with Crippen LogP contribution < -0.4 is 10.5 Å². The summed E-state index contributed by atoms with van der Waals surface area (Å²) in [5, 5.41) is 3.96. The van der Waals surface area contributed by atoms with Gasteiger partial charge in [0.2, 0.25) is 10.0 Å². The molecule has 2 rings (SSSR count). The minimum Gasteiger partial charge on any atom is -0.381 e. The minimum atomic E-state index is -3.66. The summed E-state index contributed by atoms with van der Waals surface area (Å²) in [5.41, 5.74) is 5.44. The van der Waals surface area contributed by atoms with E-state index in [2.05, 4.69) is 9.82 Å². The van der Waals surface area contributed by atoms with Crippen molar-refractivity contribution in [2.45, 2.75) is 50.8 Å². The smallest absolute Gasteiger partial charge is 0.246 e. The first-order valence-electron chi connectivity index (χ1n) is 6.60. The number of rotatable bonds is 5. The third-order valence-electron chi connectivity index (χ3n) is 4.13. The molecule has 8 heteroatoms. The van der Waals surface area contributed by atoms with Gasteiger partial charge in [0.05, 0.1) is 6.10 Å². The second-order valence-electron chi connectivity index (χ2n) is 5.69. The van der Waals surface area contributed by atoms with Crippen LogP contribution in [0.2, 0.25) is 0 Å². The number of aryl methyl sites for hydroxylation is 1. The molecule has 1 heterocycles. The first-order valence-corrected chi connectivity index (χ1v) is 8.08. The van der Waals surface area contributed by atoms with E-state index < -0.39 is 10.0 Å². The standard InChI is InChI=1S/C12H22N4O3S/c1-5-16-7-8(11(13)14-16)20(17,18)15-9-6-10(19-4)12(9,2)3/h7,9-10,15H,5-6H2,1-4H3,(H2,13,14). The third-order valence-corrected chi connectivity index (χ3v) is 5.62. The number of hydrogen-bond donors (Lipinski definition) is 2. The maximum atomic E-state index is 12.4. The summed E-state index contributed by atoms with van der Waals surface area (Å²) in [5.74, 6) is 0.0276. The highest BCUT2D eigenvalue weighted by Crippen LogP contribution is 2.43. The van der Waals surface area contributed by atoms with Crippen molar-refractivity contribution in [2.24, 2.45) is 5.41 Å². The van der Waals surface area contributed by atoms with Crippen LogP contribution in [-0.4, -0.2) is 37.5 Å². The van der Waals surface area contributed by atoms with Crippen LogP contribution in [0.4, 0.5) is 5.82 Å². The molecule has 0 aliphatic heterocycles. The number of hydrogen-bond acceptors (Lipinski definition) is 5. The van der Waals surface area contributed by atoms with Gasteiger partial charge in [0, 0.05) is 31.3 Å². The lowest BCUT2D eigenvalue weighted by Crippen LogP contribution is -2.61. The van der Waals surface area contributed by atoms with E-state index in [-0.39, 0.29) is 28.3 Å². The summed E-state index contributed by atoms with van der Waals surface area (Å²) in [6.45, 7) is 6.40. The fourth-order valence-electron chi connectivity index (χ4n) is 2.52. The molecule has 3 N–H and O–H groups in total. The molecule has 2 atom stereocenters. The van der Waals surface area contributed by atoms with Gasteiger partial charge < -0.3 is 10.5 Å². The fourth-order valence-corrected chi connectivity index (χ4v) is 4.00. The molecule has 114 valence electrons. The van der Waals surface area contributed by atoms with Crippen LogP contribution in [0.15, 0.2) is 11.1 Å². The van der Waals surface area contributed by atoms with Crippen molar-refractivity contribution in [1.29, 1.82) is 0 Å². The highest BCUT2D eigenvalue weighted by Gasteiger charge is 2.50. The van der Waals surface area contributed by atoms with Gasteiger partial charge in [0.15, 0.2) is 5.82 Å². The molecule has 1 aliphatic rings. The van der Waals surface area contributed by atoms with E-state index in [0.717, 1.165) is 0 Å². The number of sulfonamides is 1. The minimum absolute atomic E-state index is 0.0276. The summed E-state index contributed by atoms with van der Waals surface area (Å²) in [4.78, 5) is 0.0380. The molecule has 20 heavy (non-hydrogen) atoms. The molecule has 1 aliphatic carbocycles. The number of methoxy groups -OCH3 is 1. The van der Waals surface area contributed by atoms with Crippen LogP contribution in [0.25, 0.3) is 0 Å². The predicted octanol–water partition coefficient (Wildman–Crippen LogP) is 0.577. The molecule has 7 nitrogen and oxygen atoms in total. The SMILES string of the molecule is CCn1cc(S(=O)(=O)NC2CC(OC)C2(C)C)c(N)n1. The lowest BCUT2D eigenvalue weighted by Gasteiger charge is -2.50. The van der Waals surface area contributed by atoms with Crippen LogP contribution >= 0.6 is 0 Å². The number of nitrogens with one attached hydrogen (secondary N) is 1. The van der Waals surface area contributed by atoms with E-state index in [4.69, 9.17) is 10.5 Å². The normalized spacial score (nSPS) is 25.4. The van der Waals surface area contributed by atoms with Crippen molar-refractivity contribution in [1.82, 2.24) is 14.5 Å². The molecule has 0 spiro atoms. The molecule has 0 radical (unpaired) electrons. The number of nitrogen functional groups attached to an aromatic ring is 1. The Hall–Kier alpha value is -1.12. The first-order chi connectivity index (χ1) is 9.22. The van der Waals surface area contributed by atoms with Crippen LogP contribution in [0.5, 0.6) is 0 Å². The van der Waals surface area contributed by atoms with Gasteiger partial charge in [-0.15, -0.1) is 0 Å². The molecule has 1 aromatic heterocycles. The molecule has 1 aromatic rings. The summed E-state index contributed by atoms with van der Waals surface area (Å²) >= 11 is 0. The van der Waals surface area contributed by atoms with Gasteiger partial charge in [-0.3, -0.25) is 4.68 Å². The van der Waals surface area contributed by atoms with E-state index in [1.54, 1.807) is 7.11 Å². The summed E-state index contributed by atoms with van der Waals surface area (Å²) in [6.07, 6.45) is 2.17. The van der Waals surface area contributed by atoms with Crippen molar-refractivity contribution in [3.05, 3.63) is 6.20 Å². The number of aromatic nitrogens is 2. The molecule has 1 fully saturated rings. The van der Waals surface area contributed by atoms with Gasteiger partial charge in [-0.2, -0.15) is 5.10 Å². The van der Waals surface area contributed by atoms with Crippen molar-refractivity contribution in [2.75, 3.05) is 12.8 Å². The third kappa shape index (κ3) is 2.43. The average Bonchev–Trinajstić information content (AvgIpc) is 2.76. The summed E-state index contributed by atoms with van der Waals surface area (Å²) in [7, 11) is -2.02. The molecule has 2 unspecified atom stereocenters.